The summed E-state index contributed by atoms with van der Waals surface area (Å²) in [5.41, 5.74) is 1.64. The normalized spacial score (nSPS) is 18.2. The van der Waals surface area contributed by atoms with Crippen molar-refractivity contribution >= 4 is 28.9 Å². The van der Waals surface area contributed by atoms with Gasteiger partial charge >= 0.3 is 0 Å². The molecule has 0 radical (unpaired) electrons. The van der Waals surface area contributed by atoms with Gasteiger partial charge in [-0.1, -0.05) is 25.0 Å². The van der Waals surface area contributed by atoms with E-state index in [-0.39, 0.29) is 23.6 Å². The smallest absolute Gasteiger partial charge is 0.237 e. The monoisotopic (exact) mass is 472 g/mol. The van der Waals surface area contributed by atoms with Gasteiger partial charge in [-0.25, -0.2) is 8.78 Å². The van der Waals surface area contributed by atoms with Gasteiger partial charge in [0, 0.05) is 38.4 Å². The number of carbonyl (C=O) groups excluding carboxylic acids is 1. The maximum atomic E-state index is 13.2. The van der Waals surface area contributed by atoms with E-state index in [9.17, 15) is 13.6 Å². The van der Waals surface area contributed by atoms with E-state index >= 15 is 0 Å². The SMILES string of the molecule is O=C(NCc1ccc(F)cc1)[C@H](C1CCCC1)N1CCN(C(=S)Nc2ccc(F)cc2)CC1. The van der Waals surface area contributed by atoms with E-state index in [1.54, 1.807) is 24.3 Å². The van der Waals surface area contributed by atoms with Crippen molar-refractivity contribution in [3.8, 4) is 0 Å². The van der Waals surface area contributed by atoms with E-state index in [2.05, 4.69) is 20.4 Å². The van der Waals surface area contributed by atoms with Crippen LogP contribution in [0.4, 0.5) is 14.5 Å². The van der Waals surface area contributed by atoms with Crippen LogP contribution in [0.15, 0.2) is 48.5 Å². The molecule has 8 heteroatoms. The Morgan fingerprint density at radius 2 is 1.52 bits per heavy atom. The molecule has 33 heavy (non-hydrogen) atoms. The largest absolute Gasteiger partial charge is 0.351 e. The number of anilines is 1. The van der Waals surface area contributed by atoms with Crippen LogP contribution < -0.4 is 10.6 Å². The minimum atomic E-state index is -0.282. The third kappa shape index (κ3) is 6.26. The molecule has 0 unspecified atom stereocenters. The van der Waals surface area contributed by atoms with Crippen LogP contribution in [0.1, 0.15) is 31.2 Å². The van der Waals surface area contributed by atoms with Gasteiger partial charge in [0.2, 0.25) is 5.91 Å². The Bertz CT molecular complexity index is 940. The molecule has 1 aliphatic carbocycles. The van der Waals surface area contributed by atoms with Crippen molar-refractivity contribution in [2.75, 3.05) is 31.5 Å². The highest BCUT2D eigenvalue weighted by Crippen LogP contribution is 2.31. The van der Waals surface area contributed by atoms with Gasteiger partial charge in [0.25, 0.3) is 0 Å². The Morgan fingerprint density at radius 1 is 0.939 bits per heavy atom. The first-order valence-corrected chi connectivity index (χ1v) is 12.0. The first-order chi connectivity index (χ1) is 16.0. The first kappa shape index (κ1) is 23.6. The number of nitrogens with zero attached hydrogens (tertiary/aromatic N) is 2. The summed E-state index contributed by atoms with van der Waals surface area (Å²) in [6, 6.07) is 12.2. The molecule has 1 atom stereocenters. The molecular weight excluding hydrogens is 442 g/mol. The van der Waals surface area contributed by atoms with Crippen LogP contribution in [0.2, 0.25) is 0 Å². The molecule has 176 valence electrons. The van der Waals surface area contributed by atoms with E-state index < -0.39 is 0 Å². The van der Waals surface area contributed by atoms with Crippen LogP contribution in [0.5, 0.6) is 0 Å². The molecular formula is C25H30F2N4OS. The average Bonchev–Trinajstić information content (AvgIpc) is 3.35. The molecule has 1 amide bonds. The third-order valence-electron chi connectivity index (χ3n) is 6.59. The van der Waals surface area contributed by atoms with Gasteiger partial charge in [-0.15, -0.1) is 0 Å². The summed E-state index contributed by atoms with van der Waals surface area (Å²) in [4.78, 5) is 17.6. The van der Waals surface area contributed by atoms with Gasteiger partial charge in [0.1, 0.15) is 11.6 Å². The highest BCUT2D eigenvalue weighted by atomic mass is 32.1. The van der Waals surface area contributed by atoms with Gasteiger partial charge in [0.15, 0.2) is 5.11 Å². The van der Waals surface area contributed by atoms with Crippen molar-refractivity contribution in [1.82, 2.24) is 15.1 Å². The fourth-order valence-corrected chi connectivity index (χ4v) is 5.09. The zero-order valence-corrected chi connectivity index (χ0v) is 19.4. The lowest BCUT2D eigenvalue weighted by Gasteiger charge is -2.41. The number of nitrogens with one attached hydrogen (secondary N) is 2. The standard InChI is InChI=1S/C25H30F2N4OS/c26-20-7-5-18(6-8-20)17-28-24(32)23(19-3-1-2-4-19)30-13-15-31(16-14-30)25(33)29-22-11-9-21(27)10-12-22/h5-12,19,23H,1-4,13-17H2,(H,28,32)(H,29,33)/t23-/m0/s1. The Balaban J connectivity index is 1.34. The second-order valence-electron chi connectivity index (χ2n) is 8.79. The van der Waals surface area contributed by atoms with E-state index in [1.807, 2.05) is 0 Å². The fraction of sp³-hybridized carbons (Fsp3) is 0.440. The number of rotatable bonds is 6. The number of piperazine rings is 1. The third-order valence-corrected chi connectivity index (χ3v) is 6.95. The Morgan fingerprint density at radius 3 is 2.12 bits per heavy atom. The maximum Gasteiger partial charge on any atom is 0.237 e. The number of benzene rings is 2. The summed E-state index contributed by atoms with van der Waals surface area (Å²) < 4.78 is 26.3. The second-order valence-corrected chi connectivity index (χ2v) is 9.18. The van der Waals surface area contributed by atoms with Crippen molar-refractivity contribution in [2.24, 2.45) is 5.92 Å². The van der Waals surface area contributed by atoms with Gasteiger partial charge in [0.05, 0.1) is 6.04 Å². The number of halogens is 2. The van der Waals surface area contributed by atoms with E-state index in [1.165, 1.54) is 24.3 Å². The molecule has 1 aliphatic heterocycles. The second kappa shape index (κ2) is 11.0. The van der Waals surface area contributed by atoms with Crippen LogP contribution in [0, 0.1) is 17.6 Å². The lowest BCUT2D eigenvalue weighted by Crippen LogP contribution is -2.58. The topological polar surface area (TPSA) is 47.6 Å². The minimum absolute atomic E-state index is 0.0479. The molecule has 1 saturated heterocycles. The van der Waals surface area contributed by atoms with Crippen LogP contribution in [0.25, 0.3) is 0 Å². The Labute approximate surface area is 199 Å². The molecule has 0 spiro atoms. The summed E-state index contributed by atoms with van der Waals surface area (Å²) in [6.45, 7) is 3.34. The molecule has 2 N–H and O–H groups in total. The Kier molecular flexibility index (Phi) is 7.88. The molecule has 2 aromatic carbocycles. The van der Waals surface area contributed by atoms with Crippen molar-refractivity contribution < 1.29 is 13.6 Å². The van der Waals surface area contributed by atoms with Gasteiger partial charge < -0.3 is 15.5 Å². The number of hydrogen-bond acceptors (Lipinski definition) is 3. The van der Waals surface area contributed by atoms with Gasteiger partial charge in [-0.3, -0.25) is 9.69 Å². The molecule has 1 saturated carbocycles. The predicted octanol–water partition coefficient (Wildman–Crippen LogP) is 4.15. The first-order valence-electron chi connectivity index (χ1n) is 11.6. The molecule has 2 fully saturated rings. The van der Waals surface area contributed by atoms with Crippen LogP contribution in [-0.2, 0) is 11.3 Å². The van der Waals surface area contributed by atoms with Crippen molar-refractivity contribution in [2.45, 2.75) is 38.3 Å². The predicted molar refractivity (Wildman–Crippen MR) is 130 cm³/mol. The molecule has 0 bridgehead atoms. The maximum absolute atomic E-state index is 13.2. The molecule has 4 rings (SSSR count). The van der Waals surface area contributed by atoms with E-state index in [4.69, 9.17) is 12.2 Å². The molecule has 2 aliphatic rings. The fourth-order valence-electron chi connectivity index (χ4n) is 4.79. The lowest BCUT2D eigenvalue weighted by molar-refractivity contribution is -0.129. The van der Waals surface area contributed by atoms with Crippen molar-refractivity contribution in [1.29, 1.82) is 0 Å². The summed E-state index contributed by atoms with van der Waals surface area (Å²) in [7, 11) is 0. The van der Waals surface area contributed by atoms with Crippen molar-refractivity contribution in [3.63, 3.8) is 0 Å². The van der Waals surface area contributed by atoms with Gasteiger partial charge in [-0.2, -0.15) is 0 Å². The highest BCUT2D eigenvalue weighted by Gasteiger charge is 2.36. The summed E-state index contributed by atoms with van der Waals surface area (Å²) >= 11 is 5.55. The van der Waals surface area contributed by atoms with Crippen LogP contribution >= 0.6 is 12.2 Å². The number of thiocarbonyl (C=S) groups is 1. The molecule has 5 nitrogen and oxygen atoms in total. The zero-order valence-electron chi connectivity index (χ0n) is 18.6. The summed E-state index contributed by atoms with van der Waals surface area (Å²) in [5, 5.41) is 6.86. The zero-order chi connectivity index (χ0) is 23.2. The van der Waals surface area contributed by atoms with Gasteiger partial charge in [-0.05, 0) is 72.9 Å². The van der Waals surface area contributed by atoms with Crippen molar-refractivity contribution in [3.05, 3.63) is 65.7 Å². The molecule has 0 aromatic heterocycles. The van der Waals surface area contributed by atoms with E-state index in [0.717, 1.165) is 63.1 Å². The van der Waals surface area contributed by atoms with E-state index in [0.29, 0.717) is 17.6 Å². The average molecular weight is 473 g/mol. The number of amides is 1. The Hall–Kier alpha value is -2.58. The number of hydrogen-bond donors (Lipinski definition) is 2. The van der Waals surface area contributed by atoms with Crippen LogP contribution in [0.3, 0.4) is 0 Å². The highest BCUT2D eigenvalue weighted by molar-refractivity contribution is 7.80. The molecule has 1 heterocycles. The lowest BCUT2D eigenvalue weighted by atomic mass is 9.95. The number of carbonyl (C=O) groups is 1. The molecule has 2 aromatic rings. The quantitative estimate of drug-likeness (QED) is 0.619. The summed E-state index contributed by atoms with van der Waals surface area (Å²) in [5.74, 6) is -0.157. The minimum Gasteiger partial charge on any atom is -0.351 e. The van der Waals surface area contributed by atoms with Crippen LogP contribution in [-0.4, -0.2) is 53.0 Å². The summed E-state index contributed by atoms with van der Waals surface area (Å²) in [6.07, 6.45) is 4.47.